The average molecular weight is 261 g/mol. The van der Waals surface area contributed by atoms with E-state index in [4.69, 9.17) is 0 Å². The van der Waals surface area contributed by atoms with Crippen LogP contribution in [0, 0.1) is 5.82 Å². The van der Waals surface area contributed by atoms with Crippen LogP contribution < -0.4 is 0 Å². The SMILES string of the molecule is CCCc1nc2cc(F)ccc2c(C(=O)O)c1CC. The van der Waals surface area contributed by atoms with Gasteiger partial charge in [-0.25, -0.2) is 9.18 Å². The molecule has 1 heterocycles. The van der Waals surface area contributed by atoms with Gasteiger partial charge in [-0.15, -0.1) is 0 Å². The summed E-state index contributed by atoms with van der Waals surface area (Å²) in [6, 6.07) is 4.06. The van der Waals surface area contributed by atoms with Gasteiger partial charge in [0.25, 0.3) is 0 Å². The summed E-state index contributed by atoms with van der Waals surface area (Å²) < 4.78 is 13.3. The van der Waals surface area contributed by atoms with E-state index in [0.717, 1.165) is 17.7 Å². The van der Waals surface area contributed by atoms with Crippen molar-refractivity contribution >= 4 is 16.9 Å². The summed E-state index contributed by atoms with van der Waals surface area (Å²) in [6.45, 7) is 3.93. The van der Waals surface area contributed by atoms with Crippen LogP contribution in [0.1, 0.15) is 41.9 Å². The largest absolute Gasteiger partial charge is 0.478 e. The summed E-state index contributed by atoms with van der Waals surface area (Å²) in [5.74, 6) is -1.38. The Hall–Kier alpha value is -1.97. The van der Waals surface area contributed by atoms with Gasteiger partial charge in [0.05, 0.1) is 11.1 Å². The Morgan fingerprint density at radius 2 is 2.11 bits per heavy atom. The minimum absolute atomic E-state index is 0.260. The Labute approximate surface area is 111 Å². The molecule has 1 aromatic heterocycles. The quantitative estimate of drug-likeness (QED) is 0.915. The number of halogens is 1. The lowest BCUT2D eigenvalue weighted by atomic mass is 9.96. The van der Waals surface area contributed by atoms with Crippen molar-refractivity contribution in [2.45, 2.75) is 33.1 Å². The maximum atomic E-state index is 13.3. The first-order chi connectivity index (χ1) is 9.08. The van der Waals surface area contributed by atoms with Crippen LogP contribution in [0.5, 0.6) is 0 Å². The van der Waals surface area contributed by atoms with Crippen molar-refractivity contribution in [3.05, 3.63) is 40.8 Å². The van der Waals surface area contributed by atoms with Gasteiger partial charge in [0, 0.05) is 17.1 Å². The molecule has 0 fully saturated rings. The van der Waals surface area contributed by atoms with E-state index in [-0.39, 0.29) is 5.56 Å². The van der Waals surface area contributed by atoms with Gasteiger partial charge in [-0.05, 0) is 30.5 Å². The van der Waals surface area contributed by atoms with Crippen LogP contribution in [0.15, 0.2) is 18.2 Å². The maximum absolute atomic E-state index is 13.3. The van der Waals surface area contributed by atoms with Gasteiger partial charge in [0.15, 0.2) is 0 Å². The molecule has 0 radical (unpaired) electrons. The van der Waals surface area contributed by atoms with E-state index in [1.165, 1.54) is 18.2 Å². The Kier molecular flexibility index (Phi) is 3.79. The second-order valence-corrected chi connectivity index (χ2v) is 4.48. The van der Waals surface area contributed by atoms with Crippen molar-refractivity contribution in [1.29, 1.82) is 0 Å². The van der Waals surface area contributed by atoms with Crippen LogP contribution in [0.2, 0.25) is 0 Å². The third-order valence-corrected chi connectivity index (χ3v) is 3.19. The zero-order chi connectivity index (χ0) is 14.0. The fourth-order valence-electron chi connectivity index (χ4n) is 2.40. The van der Waals surface area contributed by atoms with Crippen molar-refractivity contribution in [2.75, 3.05) is 0 Å². The van der Waals surface area contributed by atoms with Crippen LogP contribution in [0.3, 0.4) is 0 Å². The van der Waals surface area contributed by atoms with E-state index in [1.54, 1.807) is 0 Å². The van der Waals surface area contributed by atoms with Crippen LogP contribution in [0.25, 0.3) is 10.9 Å². The van der Waals surface area contributed by atoms with E-state index in [0.29, 0.717) is 23.7 Å². The van der Waals surface area contributed by atoms with Gasteiger partial charge in [0.1, 0.15) is 5.82 Å². The van der Waals surface area contributed by atoms with E-state index in [1.807, 2.05) is 13.8 Å². The zero-order valence-corrected chi connectivity index (χ0v) is 11.0. The fraction of sp³-hybridized carbons (Fsp3) is 0.333. The predicted octanol–water partition coefficient (Wildman–Crippen LogP) is 3.59. The minimum Gasteiger partial charge on any atom is -0.478 e. The number of fused-ring (bicyclic) bond motifs is 1. The van der Waals surface area contributed by atoms with E-state index < -0.39 is 11.8 Å². The molecule has 19 heavy (non-hydrogen) atoms. The summed E-state index contributed by atoms with van der Waals surface area (Å²) in [4.78, 5) is 16.0. The standard InChI is InChI=1S/C15H16FNO2/c1-3-5-12-10(4-2)14(15(18)19)11-7-6-9(16)8-13(11)17-12/h6-8H,3-5H2,1-2H3,(H,18,19). The number of nitrogens with zero attached hydrogens (tertiary/aromatic N) is 1. The number of carboxylic acid groups (broad SMARTS) is 1. The third-order valence-electron chi connectivity index (χ3n) is 3.19. The Morgan fingerprint density at radius 3 is 2.68 bits per heavy atom. The molecule has 0 amide bonds. The molecule has 0 saturated heterocycles. The van der Waals surface area contributed by atoms with Crippen LogP contribution in [-0.4, -0.2) is 16.1 Å². The molecule has 1 N–H and O–H groups in total. The van der Waals surface area contributed by atoms with Gasteiger partial charge in [-0.1, -0.05) is 20.3 Å². The summed E-state index contributed by atoms with van der Waals surface area (Å²) in [6.07, 6.45) is 2.19. The van der Waals surface area contributed by atoms with Gasteiger partial charge in [-0.2, -0.15) is 0 Å². The minimum atomic E-state index is -0.979. The third kappa shape index (κ3) is 2.43. The van der Waals surface area contributed by atoms with E-state index in [2.05, 4.69) is 4.98 Å². The summed E-state index contributed by atoms with van der Waals surface area (Å²) in [7, 11) is 0. The first kappa shape index (κ1) is 13.5. The smallest absolute Gasteiger partial charge is 0.336 e. The molecule has 1 aromatic carbocycles. The number of hydrogen-bond acceptors (Lipinski definition) is 2. The van der Waals surface area contributed by atoms with Crippen LogP contribution >= 0.6 is 0 Å². The highest BCUT2D eigenvalue weighted by atomic mass is 19.1. The number of aryl methyl sites for hydroxylation is 1. The fourth-order valence-corrected chi connectivity index (χ4v) is 2.40. The molecule has 0 aliphatic rings. The van der Waals surface area contributed by atoms with Gasteiger partial charge in [0.2, 0.25) is 0 Å². The molecular formula is C15H16FNO2. The normalized spacial score (nSPS) is 10.9. The molecule has 0 aliphatic heterocycles. The lowest BCUT2D eigenvalue weighted by molar-refractivity contribution is 0.0697. The molecule has 0 bridgehead atoms. The molecule has 0 aliphatic carbocycles. The second-order valence-electron chi connectivity index (χ2n) is 4.48. The summed E-state index contributed by atoms with van der Waals surface area (Å²) in [5, 5.41) is 9.94. The van der Waals surface area contributed by atoms with Crippen molar-refractivity contribution in [3.8, 4) is 0 Å². The predicted molar refractivity (Wildman–Crippen MR) is 72.0 cm³/mol. The number of carboxylic acids is 1. The number of rotatable bonds is 4. The molecule has 0 spiro atoms. The van der Waals surface area contributed by atoms with Crippen molar-refractivity contribution in [1.82, 2.24) is 4.98 Å². The first-order valence-electron chi connectivity index (χ1n) is 6.42. The number of aromatic nitrogens is 1. The molecule has 0 unspecified atom stereocenters. The topological polar surface area (TPSA) is 50.2 Å². The number of hydrogen-bond donors (Lipinski definition) is 1. The van der Waals surface area contributed by atoms with Crippen LogP contribution in [-0.2, 0) is 12.8 Å². The lowest BCUT2D eigenvalue weighted by Crippen LogP contribution is -2.09. The maximum Gasteiger partial charge on any atom is 0.336 e. The van der Waals surface area contributed by atoms with E-state index in [9.17, 15) is 14.3 Å². The Balaban J connectivity index is 2.85. The number of pyridine rings is 1. The summed E-state index contributed by atoms with van der Waals surface area (Å²) >= 11 is 0. The monoisotopic (exact) mass is 261 g/mol. The van der Waals surface area contributed by atoms with Crippen LogP contribution in [0.4, 0.5) is 4.39 Å². The van der Waals surface area contributed by atoms with Crippen molar-refractivity contribution in [2.24, 2.45) is 0 Å². The van der Waals surface area contributed by atoms with E-state index >= 15 is 0 Å². The molecule has 2 rings (SSSR count). The highest BCUT2D eigenvalue weighted by Crippen LogP contribution is 2.25. The molecule has 0 saturated carbocycles. The second kappa shape index (κ2) is 5.34. The lowest BCUT2D eigenvalue weighted by Gasteiger charge is -2.13. The highest BCUT2D eigenvalue weighted by Gasteiger charge is 2.18. The number of aromatic carboxylic acids is 1. The van der Waals surface area contributed by atoms with Crippen molar-refractivity contribution in [3.63, 3.8) is 0 Å². The molecule has 4 heteroatoms. The molecule has 100 valence electrons. The Bertz CT molecular complexity index is 638. The average Bonchev–Trinajstić information content (AvgIpc) is 2.37. The first-order valence-corrected chi connectivity index (χ1v) is 6.42. The zero-order valence-electron chi connectivity index (χ0n) is 11.0. The number of benzene rings is 1. The van der Waals surface area contributed by atoms with Gasteiger partial charge < -0.3 is 5.11 Å². The molecule has 0 atom stereocenters. The Morgan fingerprint density at radius 1 is 1.37 bits per heavy atom. The highest BCUT2D eigenvalue weighted by molar-refractivity contribution is 6.04. The molecule has 3 nitrogen and oxygen atoms in total. The summed E-state index contributed by atoms with van der Waals surface area (Å²) in [5.41, 5.74) is 2.20. The van der Waals surface area contributed by atoms with Gasteiger partial charge >= 0.3 is 5.97 Å². The van der Waals surface area contributed by atoms with Crippen molar-refractivity contribution < 1.29 is 14.3 Å². The van der Waals surface area contributed by atoms with Gasteiger partial charge in [-0.3, -0.25) is 4.98 Å². The molecular weight excluding hydrogens is 245 g/mol. The number of carbonyl (C=O) groups is 1. The molecule has 2 aromatic rings.